The van der Waals surface area contributed by atoms with Gasteiger partial charge in [0.05, 0.1) is 18.8 Å². The summed E-state index contributed by atoms with van der Waals surface area (Å²) >= 11 is 0. The molecule has 0 saturated heterocycles. The van der Waals surface area contributed by atoms with Gasteiger partial charge in [0.25, 0.3) is 0 Å². The van der Waals surface area contributed by atoms with Gasteiger partial charge in [-0.05, 0) is 89.9 Å². The topological polar surface area (TPSA) is 110 Å². The lowest BCUT2D eigenvalue weighted by Crippen LogP contribution is -2.53. The minimum atomic E-state index is -1.30. The molecule has 4 unspecified atom stereocenters. The van der Waals surface area contributed by atoms with Gasteiger partial charge in [-0.1, -0.05) is 268 Å². The van der Waals surface area contributed by atoms with Crippen LogP contribution < -0.4 is 5.32 Å². The average Bonchev–Trinajstić information content (AvgIpc) is 3.34. The van der Waals surface area contributed by atoms with Crippen molar-refractivity contribution in [2.24, 2.45) is 0 Å². The molecule has 6 nitrogen and oxygen atoms in total. The third-order valence-corrected chi connectivity index (χ3v) is 14.0. The minimum absolute atomic E-state index is 0.358. The number of carbonyl (C=O) groups is 1. The monoisotopic (exact) mass is 956 g/mol. The Balaban J connectivity index is 3.68. The van der Waals surface area contributed by atoms with Crippen molar-refractivity contribution < 1.29 is 25.2 Å². The molecule has 0 aliphatic rings. The van der Waals surface area contributed by atoms with Gasteiger partial charge in [-0.25, -0.2) is 0 Å². The van der Waals surface area contributed by atoms with E-state index in [4.69, 9.17) is 0 Å². The summed E-state index contributed by atoms with van der Waals surface area (Å²) in [7, 11) is 0. The molecule has 0 aliphatic carbocycles. The number of amides is 1. The summed E-state index contributed by atoms with van der Waals surface area (Å²) in [5.74, 6) is -0.597. The van der Waals surface area contributed by atoms with Crippen molar-refractivity contribution in [1.29, 1.82) is 0 Å². The first-order valence-electron chi connectivity index (χ1n) is 30.0. The zero-order valence-corrected chi connectivity index (χ0v) is 45.4. The van der Waals surface area contributed by atoms with E-state index in [1.54, 1.807) is 0 Å². The number of carbonyl (C=O) groups excluding carboxylic acids is 1. The average molecular weight is 957 g/mol. The first kappa shape index (κ1) is 66.3. The van der Waals surface area contributed by atoms with Crippen LogP contribution in [0.2, 0.25) is 0 Å². The van der Waals surface area contributed by atoms with Crippen molar-refractivity contribution in [1.82, 2.24) is 5.32 Å². The van der Waals surface area contributed by atoms with Gasteiger partial charge in [-0.3, -0.25) is 4.79 Å². The van der Waals surface area contributed by atoms with Crippen LogP contribution in [-0.2, 0) is 4.79 Å². The predicted octanol–water partition coefficient (Wildman–Crippen LogP) is 17.8. The lowest BCUT2D eigenvalue weighted by Gasteiger charge is -2.27. The molecule has 0 radical (unpaired) electrons. The molecule has 0 aromatic heterocycles. The second kappa shape index (κ2) is 56.2. The molecule has 0 saturated carbocycles. The molecule has 0 heterocycles. The van der Waals surface area contributed by atoms with Gasteiger partial charge in [-0.15, -0.1) is 0 Å². The Kier molecular flexibility index (Phi) is 54.8. The smallest absolute Gasteiger partial charge is 0.249 e. The molecular weight excluding hydrogens is 839 g/mol. The molecule has 400 valence electrons. The van der Waals surface area contributed by atoms with Crippen LogP contribution in [0.4, 0.5) is 0 Å². The van der Waals surface area contributed by atoms with Crippen LogP contribution in [0.5, 0.6) is 0 Å². The summed E-state index contributed by atoms with van der Waals surface area (Å²) in [5.41, 5.74) is 0. The number of rotatable bonds is 55. The molecule has 0 aliphatic heterocycles. The van der Waals surface area contributed by atoms with Crippen LogP contribution in [0.1, 0.15) is 309 Å². The molecule has 0 bridgehead atoms. The van der Waals surface area contributed by atoms with Gasteiger partial charge < -0.3 is 25.7 Å². The van der Waals surface area contributed by atoms with E-state index in [1.807, 2.05) is 0 Å². The molecule has 5 N–H and O–H groups in total. The van der Waals surface area contributed by atoms with Crippen LogP contribution in [-0.4, -0.2) is 57.3 Å². The summed E-state index contributed by atoms with van der Waals surface area (Å²) in [6.45, 7) is 4.07. The highest BCUT2D eigenvalue weighted by Crippen LogP contribution is 2.17. The number of aliphatic hydroxyl groups excluding tert-OH is 4. The maximum atomic E-state index is 12.6. The summed E-state index contributed by atoms with van der Waals surface area (Å²) in [6.07, 6.45) is 71.9. The zero-order chi connectivity index (χ0) is 49.5. The van der Waals surface area contributed by atoms with Crippen LogP contribution in [0, 0.1) is 0 Å². The third-order valence-electron chi connectivity index (χ3n) is 14.0. The quantitative estimate of drug-likeness (QED) is 0.0308. The SMILES string of the molecule is CCCCCCCCCCCCC/C=C/CC/C=C/CC/C=C/CCCC(O)C(O)C(CO)NC(=O)C(O)CCCCCCCCCCCCCC/C=C\CCCCCCCCCCCCCC. The van der Waals surface area contributed by atoms with Gasteiger partial charge in [0.2, 0.25) is 5.91 Å². The van der Waals surface area contributed by atoms with Crippen LogP contribution in [0.3, 0.4) is 0 Å². The number of allylic oxidation sites excluding steroid dienone is 8. The van der Waals surface area contributed by atoms with Crippen LogP contribution in [0.25, 0.3) is 0 Å². The summed E-state index contributed by atoms with van der Waals surface area (Å²) < 4.78 is 0. The lowest BCUT2D eigenvalue weighted by molar-refractivity contribution is -0.132. The van der Waals surface area contributed by atoms with Crippen molar-refractivity contribution >= 4 is 5.91 Å². The zero-order valence-electron chi connectivity index (χ0n) is 45.4. The van der Waals surface area contributed by atoms with E-state index in [9.17, 15) is 25.2 Å². The number of aliphatic hydroxyl groups is 4. The highest BCUT2D eigenvalue weighted by molar-refractivity contribution is 5.80. The van der Waals surface area contributed by atoms with Crippen LogP contribution in [0.15, 0.2) is 48.6 Å². The predicted molar refractivity (Wildman–Crippen MR) is 297 cm³/mol. The number of hydrogen-bond donors (Lipinski definition) is 5. The number of unbranched alkanes of at least 4 members (excludes halogenated alkanes) is 38. The number of nitrogens with one attached hydrogen (secondary N) is 1. The lowest BCUT2D eigenvalue weighted by atomic mass is 10.00. The second-order valence-electron chi connectivity index (χ2n) is 20.7. The Morgan fingerprint density at radius 2 is 0.618 bits per heavy atom. The van der Waals surface area contributed by atoms with E-state index in [1.165, 1.54) is 225 Å². The number of hydrogen-bond acceptors (Lipinski definition) is 5. The fraction of sp³-hybridized carbons (Fsp3) is 0.855. The Morgan fingerprint density at radius 3 is 0.926 bits per heavy atom. The Morgan fingerprint density at radius 1 is 0.353 bits per heavy atom. The highest BCUT2D eigenvalue weighted by Gasteiger charge is 2.28. The van der Waals surface area contributed by atoms with Gasteiger partial charge in [0.15, 0.2) is 0 Å². The molecular formula is C62H117NO5. The van der Waals surface area contributed by atoms with E-state index >= 15 is 0 Å². The Labute approximate surface area is 423 Å². The molecule has 1 amide bonds. The van der Waals surface area contributed by atoms with Gasteiger partial charge in [0.1, 0.15) is 12.2 Å². The minimum Gasteiger partial charge on any atom is -0.394 e. The van der Waals surface area contributed by atoms with E-state index < -0.39 is 36.9 Å². The van der Waals surface area contributed by atoms with Crippen molar-refractivity contribution in [2.45, 2.75) is 334 Å². The molecule has 0 aromatic carbocycles. The van der Waals surface area contributed by atoms with E-state index in [2.05, 4.69) is 67.8 Å². The first-order chi connectivity index (χ1) is 33.5. The van der Waals surface area contributed by atoms with Gasteiger partial charge in [0, 0.05) is 0 Å². The molecule has 0 aromatic rings. The molecule has 68 heavy (non-hydrogen) atoms. The normalized spacial score (nSPS) is 14.0. The highest BCUT2D eigenvalue weighted by atomic mass is 16.3. The first-order valence-corrected chi connectivity index (χ1v) is 30.0. The molecule has 6 heteroatoms. The van der Waals surface area contributed by atoms with Gasteiger partial charge in [-0.2, -0.15) is 0 Å². The van der Waals surface area contributed by atoms with Crippen molar-refractivity contribution in [3.63, 3.8) is 0 Å². The van der Waals surface area contributed by atoms with Gasteiger partial charge >= 0.3 is 0 Å². The van der Waals surface area contributed by atoms with E-state index in [-0.39, 0.29) is 0 Å². The Hall–Kier alpha value is -1.73. The summed E-state index contributed by atoms with van der Waals surface area (Å²) in [4.78, 5) is 12.6. The summed E-state index contributed by atoms with van der Waals surface area (Å²) in [5, 5.41) is 44.0. The Bertz CT molecular complexity index is 1120. The third kappa shape index (κ3) is 49.3. The van der Waals surface area contributed by atoms with Crippen molar-refractivity contribution in [3.8, 4) is 0 Å². The maximum absolute atomic E-state index is 12.6. The fourth-order valence-electron chi connectivity index (χ4n) is 9.26. The maximum Gasteiger partial charge on any atom is 0.249 e. The standard InChI is InChI=1S/C62H117NO5/c1-3-5-7-9-11-13-15-17-19-21-23-25-27-29-30-31-32-34-36-38-40-42-44-46-48-50-52-54-56-60(66)62(68)63-58(57-64)61(67)59(65)55-53-51-49-47-45-43-41-39-37-35-33-28-26-24-22-20-18-16-14-12-10-8-6-4-2/h28-30,33,39,41,47,49,58-61,64-67H,3-27,31-32,34-38,40,42-46,48,50-57H2,1-2H3,(H,63,68)/b30-29-,33-28+,41-39+,49-47+. The van der Waals surface area contributed by atoms with Crippen molar-refractivity contribution in [3.05, 3.63) is 48.6 Å². The molecule has 0 fully saturated rings. The summed E-state index contributed by atoms with van der Waals surface area (Å²) in [6, 6.07) is -1.01. The largest absolute Gasteiger partial charge is 0.394 e. The molecule has 4 atom stereocenters. The molecule has 0 rings (SSSR count). The fourth-order valence-corrected chi connectivity index (χ4v) is 9.26. The molecule has 0 spiro atoms. The van der Waals surface area contributed by atoms with E-state index in [0.29, 0.717) is 19.3 Å². The van der Waals surface area contributed by atoms with Crippen LogP contribution >= 0.6 is 0 Å². The second-order valence-corrected chi connectivity index (χ2v) is 20.7. The van der Waals surface area contributed by atoms with E-state index in [0.717, 1.165) is 51.4 Å². The van der Waals surface area contributed by atoms with Crippen molar-refractivity contribution in [2.75, 3.05) is 6.61 Å².